The highest BCUT2D eigenvalue weighted by molar-refractivity contribution is 9.10. The van der Waals surface area contributed by atoms with Gasteiger partial charge in [0.05, 0.1) is 0 Å². The molecule has 114 valence electrons. The van der Waals surface area contributed by atoms with Crippen LogP contribution < -0.4 is 4.74 Å². The van der Waals surface area contributed by atoms with E-state index in [1.807, 2.05) is 24.3 Å². The van der Waals surface area contributed by atoms with Gasteiger partial charge in [0.25, 0.3) is 0 Å². The first kappa shape index (κ1) is 14.2. The molecule has 0 N–H and O–H groups in total. The van der Waals surface area contributed by atoms with Gasteiger partial charge in [-0.15, -0.1) is 0 Å². The van der Waals surface area contributed by atoms with Crippen LogP contribution in [-0.4, -0.2) is 18.8 Å². The highest BCUT2D eigenvalue weighted by atomic mass is 79.9. The summed E-state index contributed by atoms with van der Waals surface area (Å²) < 4.78 is 34.3. The summed E-state index contributed by atoms with van der Waals surface area (Å²) in [6, 6.07) is 12.8. The van der Waals surface area contributed by atoms with Gasteiger partial charge in [0.2, 0.25) is 10.0 Å². The Morgan fingerprint density at radius 1 is 1.09 bits per heavy atom. The van der Waals surface area contributed by atoms with Gasteiger partial charge in [-0.25, -0.2) is 8.42 Å². The van der Waals surface area contributed by atoms with Crippen LogP contribution in [0.2, 0.25) is 0 Å². The number of para-hydroxylation sites is 1. The molecular formula is C16H14BrNO3S. The number of halogens is 1. The van der Waals surface area contributed by atoms with Crippen LogP contribution in [0.5, 0.6) is 11.5 Å². The van der Waals surface area contributed by atoms with E-state index in [-0.39, 0.29) is 10.9 Å². The maximum absolute atomic E-state index is 13.0. The zero-order valence-electron chi connectivity index (χ0n) is 11.7. The Bertz CT molecular complexity index is 846. The number of rotatable bonds is 1. The number of hydrogen-bond donors (Lipinski definition) is 0. The average molecular weight is 380 g/mol. The van der Waals surface area contributed by atoms with Gasteiger partial charge in [-0.05, 0) is 37.1 Å². The third-order valence-corrected chi connectivity index (χ3v) is 6.40. The molecule has 0 atom stereocenters. The molecule has 22 heavy (non-hydrogen) atoms. The third-order valence-electron chi connectivity index (χ3n) is 3.97. The summed E-state index contributed by atoms with van der Waals surface area (Å²) in [5.41, 5.74) is 0.892. The summed E-state index contributed by atoms with van der Waals surface area (Å²) >= 11 is 3.38. The number of fused-ring (bicyclic) bond motifs is 2. The zero-order chi connectivity index (χ0) is 15.3. The smallest absolute Gasteiger partial charge is 0.247 e. The first-order chi connectivity index (χ1) is 10.6. The SMILES string of the molecule is O=S1(=O)c2ccc(Br)cc2Oc2ccccc2CN1C1CC1. The lowest BCUT2D eigenvalue weighted by Crippen LogP contribution is -2.33. The van der Waals surface area contributed by atoms with Crippen molar-refractivity contribution >= 4 is 26.0 Å². The minimum Gasteiger partial charge on any atom is -0.456 e. The molecule has 1 fully saturated rings. The van der Waals surface area contributed by atoms with Crippen molar-refractivity contribution in [1.82, 2.24) is 4.31 Å². The molecule has 0 bridgehead atoms. The molecular weight excluding hydrogens is 366 g/mol. The Hall–Kier alpha value is -1.37. The molecule has 4 nitrogen and oxygen atoms in total. The van der Waals surface area contributed by atoms with Crippen molar-refractivity contribution in [3.63, 3.8) is 0 Å². The average Bonchev–Trinajstić information content (AvgIpc) is 3.29. The Labute approximate surface area is 137 Å². The molecule has 1 saturated carbocycles. The molecule has 1 aliphatic carbocycles. The van der Waals surface area contributed by atoms with Crippen LogP contribution >= 0.6 is 15.9 Å². The van der Waals surface area contributed by atoms with E-state index in [2.05, 4.69) is 15.9 Å². The molecule has 0 amide bonds. The molecule has 4 rings (SSSR count). The second kappa shape index (κ2) is 5.08. The van der Waals surface area contributed by atoms with E-state index in [4.69, 9.17) is 4.74 Å². The summed E-state index contributed by atoms with van der Waals surface area (Å²) in [5.74, 6) is 1.08. The Morgan fingerprint density at radius 2 is 1.86 bits per heavy atom. The van der Waals surface area contributed by atoms with Crippen LogP contribution in [0.4, 0.5) is 0 Å². The highest BCUT2D eigenvalue weighted by Crippen LogP contribution is 2.42. The number of ether oxygens (including phenoxy) is 1. The summed E-state index contributed by atoms with van der Waals surface area (Å²) in [6.07, 6.45) is 1.85. The van der Waals surface area contributed by atoms with Gasteiger partial charge >= 0.3 is 0 Å². The lowest BCUT2D eigenvalue weighted by Gasteiger charge is -2.27. The van der Waals surface area contributed by atoms with Crippen LogP contribution in [0.1, 0.15) is 18.4 Å². The van der Waals surface area contributed by atoms with Gasteiger partial charge in [0, 0.05) is 22.6 Å². The zero-order valence-corrected chi connectivity index (χ0v) is 14.1. The summed E-state index contributed by atoms with van der Waals surface area (Å²) in [7, 11) is -3.55. The Morgan fingerprint density at radius 3 is 2.64 bits per heavy atom. The number of nitrogens with zero attached hydrogens (tertiary/aromatic N) is 1. The minimum atomic E-state index is -3.55. The van der Waals surface area contributed by atoms with Gasteiger partial charge in [-0.2, -0.15) is 4.31 Å². The van der Waals surface area contributed by atoms with Crippen LogP contribution in [0.25, 0.3) is 0 Å². The normalized spacial score (nSPS) is 20.2. The maximum atomic E-state index is 13.0. The van der Waals surface area contributed by atoms with Crippen LogP contribution in [-0.2, 0) is 16.6 Å². The van der Waals surface area contributed by atoms with E-state index >= 15 is 0 Å². The summed E-state index contributed by atoms with van der Waals surface area (Å²) in [6.45, 7) is 0.360. The fourth-order valence-electron chi connectivity index (χ4n) is 2.69. The Balaban J connectivity index is 1.95. The first-order valence-corrected chi connectivity index (χ1v) is 9.36. The fraction of sp³-hybridized carbons (Fsp3) is 0.250. The van der Waals surface area contributed by atoms with Crippen molar-refractivity contribution in [1.29, 1.82) is 0 Å². The van der Waals surface area contributed by atoms with Crippen molar-refractivity contribution in [2.24, 2.45) is 0 Å². The molecule has 6 heteroatoms. The standard InChI is InChI=1S/C16H14BrNO3S/c17-12-5-8-16-15(9-12)21-14-4-2-1-3-11(14)10-18(13-6-7-13)22(16,19)20/h1-5,8-9,13H,6-7,10H2. The summed E-state index contributed by atoms with van der Waals surface area (Å²) in [4.78, 5) is 0.233. The highest BCUT2D eigenvalue weighted by Gasteiger charge is 2.40. The van der Waals surface area contributed by atoms with Crippen molar-refractivity contribution in [3.05, 3.63) is 52.5 Å². The topological polar surface area (TPSA) is 46.6 Å². The van der Waals surface area contributed by atoms with E-state index < -0.39 is 10.0 Å². The Kier molecular flexibility index (Phi) is 3.29. The molecule has 2 aromatic rings. The second-order valence-corrected chi connectivity index (χ2v) is 8.36. The van der Waals surface area contributed by atoms with Crippen molar-refractivity contribution in [2.45, 2.75) is 30.3 Å². The monoisotopic (exact) mass is 379 g/mol. The lowest BCUT2D eigenvalue weighted by molar-refractivity contribution is 0.373. The molecule has 0 unspecified atom stereocenters. The van der Waals surface area contributed by atoms with E-state index in [0.29, 0.717) is 18.0 Å². The van der Waals surface area contributed by atoms with E-state index in [0.717, 1.165) is 22.9 Å². The molecule has 0 saturated heterocycles. The molecule has 1 heterocycles. The number of sulfonamides is 1. The maximum Gasteiger partial charge on any atom is 0.247 e. The molecule has 1 aliphatic heterocycles. The minimum absolute atomic E-state index is 0.104. The number of benzene rings is 2. The first-order valence-electron chi connectivity index (χ1n) is 7.13. The second-order valence-electron chi connectivity index (χ2n) is 5.58. The van der Waals surface area contributed by atoms with Crippen LogP contribution in [0, 0.1) is 0 Å². The molecule has 2 aliphatic rings. The van der Waals surface area contributed by atoms with Gasteiger partial charge in [0.15, 0.2) is 0 Å². The van der Waals surface area contributed by atoms with Crippen molar-refractivity contribution < 1.29 is 13.2 Å². The van der Waals surface area contributed by atoms with Crippen molar-refractivity contribution in [2.75, 3.05) is 0 Å². The predicted octanol–water partition coefficient (Wildman–Crippen LogP) is 3.91. The lowest BCUT2D eigenvalue weighted by atomic mass is 10.2. The predicted molar refractivity (Wildman–Crippen MR) is 86.4 cm³/mol. The van der Waals surface area contributed by atoms with Crippen molar-refractivity contribution in [3.8, 4) is 11.5 Å². The van der Waals surface area contributed by atoms with E-state index in [1.54, 1.807) is 22.5 Å². The third kappa shape index (κ3) is 2.35. The molecule has 0 aromatic heterocycles. The quantitative estimate of drug-likeness (QED) is 0.754. The molecule has 2 aromatic carbocycles. The molecule has 0 radical (unpaired) electrons. The van der Waals surface area contributed by atoms with Gasteiger partial charge in [0.1, 0.15) is 16.4 Å². The van der Waals surface area contributed by atoms with Gasteiger partial charge < -0.3 is 4.74 Å². The van der Waals surface area contributed by atoms with Gasteiger partial charge in [-0.1, -0.05) is 34.1 Å². The number of hydrogen-bond acceptors (Lipinski definition) is 3. The largest absolute Gasteiger partial charge is 0.456 e. The fourth-order valence-corrected chi connectivity index (χ4v) is 4.79. The summed E-state index contributed by atoms with van der Waals surface area (Å²) in [5, 5.41) is 0. The van der Waals surface area contributed by atoms with Crippen LogP contribution in [0.3, 0.4) is 0 Å². The van der Waals surface area contributed by atoms with E-state index in [1.165, 1.54) is 0 Å². The van der Waals surface area contributed by atoms with Gasteiger partial charge in [-0.3, -0.25) is 0 Å². The molecule has 0 spiro atoms. The van der Waals surface area contributed by atoms with E-state index in [9.17, 15) is 8.42 Å². The van der Waals surface area contributed by atoms with Crippen LogP contribution in [0.15, 0.2) is 51.8 Å².